The van der Waals surface area contributed by atoms with Crippen molar-refractivity contribution in [2.45, 2.75) is 43.5 Å². The number of likely N-dealkylation sites (N-methyl/N-ethyl adjacent to an activating group) is 1. The Morgan fingerprint density at radius 2 is 1.93 bits per heavy atom. The number of para-hydroxylation sites is 1. The minimum atomic E-state index is -0.286. The molecule has 0 N–H and O–H groups in total. The quantitative estimate of drug-likeness (QED) is 0.437. The van der Waals surface area contributed by atoms with Crippen molar-refractivity contribution in [3.8, 4) is 11.4 Å². The molecule has 3 aromatic rings. The Morgan fingerprint density at radius 1 is 1.20 bits per heavy atom. The van der Waals surface area contributed by atoms with E-state index in [2.05, 4.69) is 41.1 Å². The summed E-state index contributed by atoms with van der Waals surface area (Å²) in [4.78, 5) is 15.2. The molecule has 0 aliphatic carbocycles. The van der Waals surface area contributed by atoms with Crippen LogP contribution in [-0.2, 0) is 17.3 Å². The van der Waals surface area contributed by atoms with Gasteiger partial charge in [-0.1, -0.05) is 43.8 Å². The molecule has 0 saturated heterocycles. The maximum Gasteiger partial charge on any atom is 0.191 e. The largest absolute Gasteiger partial charge is 0.469 e. The number of thioether (sulfide) groups is 1. The summed E-state index contributed by atoms with van der Waals surface area (Å²) in [5, 5.41) is 9.00. The summed E-state index contributed by atoms with van der Waals surface area (Å²) >= 11 is 1.42. The van der Waals surface area contributed by atoms with Crippen molar-refractivity contribution in [2.75, 3.05) is 11.9 Å². The number of aryl methyl sites for hydroxylation is 1. The van der Waals surface area contributed by atoms with Crippen LogP contribution in [0.5, 0.6) is 0 Å². The van der Waals surface area contributed by atoms with Crippen molar-refractivity contribution in [2.24, 2.45) is 7.05 Å². The highest BCUT2D eigenvalue weighted by molar-refractivity contribution is 8.00. The van der Waals surface area contributed by atoms with Crippen molar-refractivity contribution in [3.05, 3.63) is 59.7 Å². The summed E-state index contributed by atoms with van der Waals surface area (Å²) in [6.07, 6.45) is 3.43. The van der Waals surface area contributed by atoms with Crippen molar-refractivity contribution < 1.29 is 9.21 Å². The first-order valence-electron chi connectivity index (χ1n) is 9.91. The standard InChI is InChI=1S/C23H26N4O2S/c1-14-16(11-12-29-14)21-24-25-22(27(21)6)30-15(2)19(28)13-20-23(3,4)17-9-7-8-10-18(17)26(20)5/h7-13,15H,1-6H3/b20-13-. The second-order valence-corrected chi connectivity index (χ2v) is 9.46. The molecule has 1 aliphatic heterocycles. The number of benzene rings is 1. The molecule has 4 rings (SSSR count). The van der Waals surface area contributed by atoms with Gasteiger partial charge in [0.2, 0.25) is 0 Å². The lowest BCUT2D eigenvalue weighted by Crippen LogP contribution is -2.25. The number of carbonyl (C=O) groups is 1. The van der Waals surface area contributed by atoms with Gasteiger partial charge in [-0.05, 0) is 31.5 Å². The highest BCUT2D eigenvalue weighted by Gasteiger charge is 2.38. The van der Waals surface area contributed by atoms with Crippen LogP contribution in [0.4, 0.5) is 5.69 Å². The van der Waals surface area contributed by atoms with Crippen molar-refractivity contribution in [1.29, 1.82) is 0 Å². The Kier molecular flexibility index (Phi) is 5.10. The molecule has 2 aromatic heterocycles. The Morgan fingerprint density at radius 3 is 2.60 bits per heavy atom. The van der Waals surface area contributed by atoms with E-state index in [1.807, 2.05) is 50.7 Å². The number of carbonyl (C=O) groups excluding carboxylic acids is 1. The van der Waals surface area contributed by atoms with Crippen LogP contribution in [0, 0.1) is 6.92 Å². The molecule has 0 amide bonds. The molecule has 1 atom stereocenters. The van der Waals surface area contributed by atoms with Gasteiger partial charge in [0.25, 0.3) is 0 Å². The molecule has 7 heteroatoms. The number of allylic oxidation sites excluding steroid dienone is 2. The Hall–Kier alpha value is -2.80. The maximum atomic E-state index is 13.1. The normalized spacial score (nSPS) is 17.4. The Labute approximate surface area is 181 Å². The molecule has 1 aliphatic rings. The number of fused-ring (bicyclic) bond motifs is 1. The number of hydrogen-bond acceptors (Lipinski definition) is 6. The van der Waals surface area contributed by atoms with E-state index in [1.54, 1.807) is 12.3 Å². The topological polar surface area (TPSA) is 64.2 Å². The van der Waals surface area contributed by atoms with Gasteiger partial charge in [-0.25, -0.2) is 0 Å². The van der Waals surface area contributed by atoms with Gasteiger partial charge in [-0.3, -0.25) is 4.79 Å². The highest BCUT2D eigenvalue weighted by atomic mass is 32.2. The number of furan rings is 1. The van der Waals surface area contributed by atoms with E-state index in [4.69, 9.17) is 4.42 Å². The maximum absolute atomic E-state index is 13.1. The Bertz CT molecular complexity index is 1140. The van der Waals surface area contributed by atoms with Gasteiger partial charge in [-0.15, -0.1) is 10.2 Å². The number of nitrogens with zero attached hydrogens (tertiary/aromatic N) is 4. The predicted molar refractivity (Wildman–Crippen MR) is 120 cm³/mol. The third kappa shape index (κ3) is 3.27. The predicted octanol–water partition coefficient (Wildman–Crippen LogP) is 4.74. The average Bonchev–Trinajstić information content (AvgIpc) is 3.34. The summed E-state index contributed by atoms with van der Waals surface area (Å²) in [6, 6.07) is 10.2. The molecular formula is C23H26N4O2S. The van der Waals surface area contributed by atoms with Crippen LogP contribution < -0.4 is 4.90 Å². The SMILES string of the molecule is Cc1occc1-c1nnc(SC(C)C(=O)/C=C2\N(C)c3ccccc3C2(C)C)n1C. The first-order chi connectivity index (χ1) is 14.2. The minimum Gasteiger partial charge on any atom is -0.469 e. The van der Waals surface area contributed by atoms with Crippen LogP contribution in [0.25, 0.3) is 11.4 Å². The van der Waals surface area contributed by atoms with Gasteiger partial charge < -0.3 is 13.9 Å². The van der Waals surface area contributed by atoms with E-state index >= 15 is 0 Å². The lowest BCUT2D eigenvalue weighted by Gasteiger charge is -2.24. The monoisotopic (exact) mass is 422 g/mol. The molecule has 0 bridgehead atoms. The van der Waals surface area contributed by atoms with E-state index in [-0.39, 0.29) is 16.4 Å². The lowest BCUT2D eigenvalue weighted by molar-refractivity contribution is -0.114. The van der Waals surface area contributed by atoms with E-state index in [0.717, 1.165) is 28.5 Å². The smallest absolute Gasteiger partial charge is 0.191 e. The fourth-order valence-electron chi connectivity index (χ4n) is 4.00. The third-order valence-corrected chi connectivity index (χ3v) is 6.99. The molecule has 1 unspecified atom stereocenters. The first-order valence-corrected chi connectivity index (χ1v) is 10.8. The van der Waals surface area contributed by atoms with E-state index in [0.29, 0.717) is 5.16 Å². The average molecular weight is 423 g/mol. The number of anilines is 1. The van der Waals surface area contributed by atoms with Crippen LogP contribution in [0.3, 0.4) is 0 Å². The second kappa shape index (κ2) is 7.47. The molecule has 0 spiro atoms. The van der Waals surface area contributed by atoms with Crippen molar-refractivity contribution >= 4 is 23.2 Å². The molecule has 3 heterocycles. The van der Waals surface area contributed by atoms with Crippen molar-refractivity contribution in [1.82, 2.24) is 14.8 Å². The van der Waals surface area contributed by atoms with Crippen LogP contribution in [0.2, 0.25) is 0 Å². The molecular weight excluding hydrogens is 396 g/mol. The molecule has 1 aromatic carbocycles. The summed E-state index contributed by atoms with van der Waals surface area (Å²) in [5.74, 6) is 1.59. The Balaban J connectivity index is 1.56. The zero-order valence-electron chi connectivity index (χ0n) is 18.1. The van der Waals surface area contributed by atoms with Crippen molar-refractivity contribution in [3.63, 3.8) is 0 Å². The number of ketones is 1. The molecule has 0 fully saturated rings. The second-order valence-electron chi connectivity index (χ2n) is 8.15. The number of rotatable bonds is 5. The van der Waals surface area contributed by atoms with Crippen LogP contribution >= 0.6 is 11.8 Å². The first kappa shape index (κ1) is 20.5. The van der Waals surface area contributed by atoms with Crippen LogP contribution in [0.15, 0.2) is 57.9 Å². The molecule has 0 radical (unpaired) electrons. The van der Waals surface area contributed by atoms with Gasteiger partial charge in [0.1, 0.15) is 5.76 Å². The fraction of sp³-hybridized carbons (Fsp3) is 0.348. The van der Waals surface area contributed by atoms with Crippen LogP contribution in [0.1, 0.15) is 32.1 Å². The molecule has 6 nitrogen and oxygen atoms in total. The van der Waals surface area contributed by atoms with E-state index in [1.165, 1.54) is 17.3 Å². The van der Waals surface area contributed by atoms with Gasteiger partial charge in [0, 0.05) is 37.0 Å². The van der Waals surface area contributed by atoms with Crippen LogP contribution in [-0.4, -0.2) is 32.8 Å². The summed E-state index contributed by atoms with van der Waals surface area (Å²) in [7, 11) is 3.93. The highest BCUT2D eigenvalue weighted by Crippen LogP contribution is 2.46. The summed E-state index contributed by atoms with van der Waals surface area (Å²) in [5.41, 5.74) is 4.08. The van der Waals surface area contributed by atoms with E-state index < -0.39 is 0 Å². The molecule has 156 valence electrons. The molecule has 30 heavy (non-hydrogen) atoms. The van der Waals surface area contributed by atoms with Gasteiger partial charge in [-0.2, -0.15) is 0 Å². The minimum absolute atomic E-state index is 0.0618. The number of aromatic nitrogens is 3. The van der Waals surface area contributed by atoms with Gasteiger partial charge >= 0.3 is 0 Å². The zero-order valence-corrected chi connectivity index (χ0v) is 18.9. The fourth-order valence-corrected chi connectivity index (χ4v) is 4.83. The third-order valence-electron chi connectivity index (χ3n) is 5.84. The zero-order chi connectivity index (χ0) is 21.6. The number of hydrogen-bond donors (Lipinski definition) is 0. The molecule has 0 saturated carbocycles. The lowest BCUT2D eigenvalue weighted by atomic mass is 9.83. The van der Waals surface area contributed by atoms with Gasteiger partial charge in [0.05, 0.1) is 17.1 Å². The van der Waals surface area contributed by atoms with E-state index in [9.17, 15) is 4.79 Å². The summed E-state index contributed by atoms with van der Waals surface area (Å²) < 4.78 is 7.28. The van der Waals surface area contributed by atoms with Gasteiger partial charge in [0.15, 0.2) is 16.8 Å². The summed E-state index contributed by atoms with van der Waals surface area (Å²) in [6.45, 7) is 8.13.